The second-order valence-electron chi connectivity index (χ2n) is 5.39. The summed E-state index contributed by atoms with van der Waals surface area (Å²) in [5.41, 5.74) is 1.35. The van der Waals surface area contributed by atoms with E-state index >= 15 is 0 Å². The Morgan fingerprint density at radius 1 is 1.15 bits per heavy atom. The first kappa shape index (κ1) is 17.8. The molecule has 0 saturated heterocycles. The van der Waals surface area contributed by atoms with Crippen LogP contribution in [0.5, 0.6) is 11.5 Å². The molecule has 0 unspecified atom stereocenters. The molecule has 0 aliphatic rings. The van der Waals surface area contributed by atoms with Crippen LogP contribution in [-0.4, -0.2) is 34.9 Å². The normalized spacial score (nSPS) is 10.4. The molecule has 0 radical (unpaired) electrons. The SMILES string of the molecule is COc1cccc(C(=O)Nc2ncn(Cc3ccc(Cl)cc3)n2)c1OC. The average Bonchev–Trinajstić information content (AvgIpc) is 3.09. The third kappa shape index (κ3) is 3.94. The number of aromatic nitrogens is 3. The van der Waals surface area contributed by atoms with Gasteiger partial charge in [0, 0.05) is 5.02 Å². The van der Waals surface area contributed by atoms with Crippen molar-refractivity contribution >= 4 is 23.5 Å². The number of nitrogens with one attached hydrogen (secondary N) is 1. The Bertz CT molecular complexity index is 909. The van der Waals surface area contributed by atoms with Crippen molar-refractivity contribution in [3.63, 3.8) is 0 Å². The van der Waals surface area contributed by atoms with Crippen LogP contribution < -0.4 is 14.8 Å². The van der Waals surface area contributed by atoms with Crippen LogP contribution in [0.2, 0.25) is 5.02 Å². The van der Waals surface area contributed by atoms with Gasteiger partial charge >= 0.3 is 0 Å². The van der Waals surface area contributed by atoms with Crippen LogP contribution in [0.1, 0.15) is 15.9 Å². The van der Waals surface area contributed by atoms with Crippen molar-refractivity contribution in [2.75, 3.05) is 19.5 Å². The van der Waals surface area contributed by atoms with Gasteiger partial charge in [-0.15, -0.1) is 5.10 Å². The van der Waals surface area contributed by atoms with Gasteiger partial charge in [-0.25, -0.2) is 9.67 Å². The Morgan fingerprint density at radius 3 is 2.62 bits per heavy atom. The van der Waals surface area contributed by atoms with Crippen molar-refractivity contribution in [1.82, 2.24) is 14.8 Å². The summed E-state index contributed by atoms with van der Waals surface area (Å²) < 4.78 is 12.1. The van der Waals surface area contributed by atoms with Crippen LogP contribution in [0.25, 0.3) is 0 Å². The number of methoxy groups -OCH3 is 2. The van der Waals surface area contributed by atoms with E-state index in [0.717, 1.165) is 5.56 Å². The van der Waals surface area contributed by atoms with Crippen molar-refractivity contribution in [2.24, 2.45) is 0 Å². The predicted octanol–water partition coefficient (Wildman–Crippen LogP) is 3.25. The first-order chi connectivity index (χ1) is 12.6. The molecule has 134 valence electrons. The van der Waals surface area contributed by atoms with E-state index in [2.05, 4.69) is 15.4 Å². The van der Waals surface area contributed by atoms with Crippen molar-refractivity contribution in [2.45, 2.75) is 6.54 Å². The van der Waals surface area contributed by atoms with Crippen molar-refractivity contribution in [1.29, 1.82) is 0 Å². The van der Waals surface area contributed by atoms with E-state index in [4.69, 9.17) is 21.1 Å². The highest BCUT2D eigenvalue weighted by Gasteiger charge is 2.17. The predicted molar refractivity (Wildman–Crippen MR) is 98.1 cm³/mol. The van der Waals surface area contributed by atoms with Gasteiger partial charge in [0.05, 0.1) is 26.3 Å². The average molecular weight is 373 g/mol. The van der Waals surface area contributed by atoms with Crippen LogP contribution in [0, 0.1) is 0 Å². The number of halogens is 1. The highest BCUT2D eigenvalue weighted by molar-refractivity contribution is 6.30. The summed E-state index contributed by atoms with van der Waals surface area (Å²) in [5, 5.41) is 7.59. The fourth-order valence-corrected chi connectivity index (χ4v) is 2.57. The van der Waals surface area contributed by atoms with E-state index in [1.165, 1.54) is 14.2 Å². The second-order valence-corrected chi connectivity index (χ2v) is 5.82. The lowest BCUT2D eigenvalue weighted by molar-refractivity contribution is 0.102. The molecule has 8 heteroatoms. The summed E-state index contributed by atoms with van der Waals surface area (Å²) in [7, 11) is 2.99. The molecule has 0 atom stereocenters. The fourth-order valence-electron chi connectivity index (χ4n) is 2.44. The van der Waals surface area contributed by atoms with Gasteiger partial charge in [-0.05, 0) is 29.8 Å². The number of anilines is 1. The summed E-state index contributed by atoms with van der Waals surface area (Å²) in [6, 6.07) is 12.5. The first-order valence-electron chi connectivity index (χ1n) is 7.77. The highest BCUT2D eigenvalue weighted by atomic mass is 35.5. The zero-order chi connectivity index (χ0) is 18.5. The number of carbonyl (C=O) groups excluding carboxylic acids is 1. The van der Waals surface area contributed by atoms with Gasteiger partial charge in [-0.2, -0.15) is 0 Å². The van der Waals surface area contributed by atoms with E-state index in [0.29, 0.717) is 28.6 Å². The smallest absolute Gasteiger partial charge is 0.261 e. The molecular formula is C18H17ClN4O3. The highest BCUT2D eigenvalue weighted by Crippen LogP contribution is 2.30. The van der Waals surface area contributed by atoms with Crippen LogP contribution in [0.15, 0.2) is 48.8 Å². The van der Waals surface area contributed by atoms with Crippen LogP contribution in [-0.2, 0) is 6.54 Å². The molecule has 26 heavy (non-hydrogen) atoms. The van der Waals surface area contributed by atoms with Gasteiger partial charge < -0.3 is 9.47 Å². The van der Waals surface area contributed by atoms with Gasteiger partial charge in [0.25, 0.3) is 5.91 Å². The molecule has 1 aromatic heterocycles. The summed E-state index contributed by atoms with van der Waals surface area (Å²) in [4.78, 5) is 16.6. The molecule has 0 aliphatic heterocycles. The lowest BCUT2D eigenvalue weighted by Crippen LogP contribution is -2.15. The van der Waals surface area contributed by atoms with Gasteiger partial charge in [0.2, 0.25) is 5.95 Å². The third-order valence-corrected chi connectivity index (χ3v) is 3.92. The molecule has 2 aromatic carbocycles. The molecule has 7 nitrogen and oxygen atoms in total. The number of amides is 1. The summed E-state index contributed by atoms with van der Waals surface area (Å²) in [5.74, 6) is 0.647. The zero-order valence-electron chi connectivity index (χ0n) is 14.3. The van der Waals surface area contributed by atoms with E-state index in [1.54, 1.807) is 29.2 Å². The molecule has 0 bridgehead atoms. The standard InChI is InChI=1S/C18H17ClN4O3/c1-25-15-5-3-4-14(16(15)26-2)17(24)21-18-20-11-23(22-18)10-12-6-8-13(19)9-7-12/h3-9,11H,10H2,1-2H3,(H,21,22,24). The fraction of sp³-hybridized carbons (Fsp3) is 0.167. The number of hydrogen-bond acceptors (Lipinski definition) is 5. The maximum Gasteiger partial charge on any atom is 0.261 e. The van der Waals surface area contributed by atoms with Crippen LogP contribution >= 0.6 is 11.6 Å². The molecule has 1 N–H and O–H groups in total. The molecule has 3 aromatic rings. The van der Waals surface area contributed by atoms with Gasteiger partial charge in [0.15, 0.2) is 11.5 Å². The number of nitrogens with zero attached hydrogens (tertiary/aromatic N) is 3. The molecular weight excluding hydrogens is 356 g/mol. The summed E-state index contributed by atoms with van der Waals surface area (Å²) >= 11 is 5.88. The quantitative estimate of drug-likeness (QED) is 0.718. The summed E-state index contributed by atoms with van der Waals surface area (Å²) in [6.45, 7) is 0.516. The van der Waals surface area contributed by atoms with Gasteiger partial charge in [-0.1, -0.05) is 29.8 Å². The zero-order valence-corrected chi connectivity index (χ0v) is 15.0. The summed E-state index contributed by atoms with van der Waals surface area (Å²) in [6.07, 6.45) is 1.55. The van der Waals surface area contributed by atoms with E-state index < -0.39 is 0 Å². The number of ether oxygens (including phenoxy) is 2. The van der Waals surface area contributed by atoms with E-state index in [9.17, 15) is 4.79 Å². The molecule has 0 saturated carbocycles. The largest absolute Gasteiger partial charge is 0.493 e. The number of hydrogen-bond donors (Lipinski definition) is 1. The molecule has 3 rings (SSSR count). The lowest BCUT2D eigenvalue weighted by atomic mass is 10.1. The Morgan fingerprint density at radius 2 is 1.92 bits per heavy atom. The maximum absolute atomic E-state index is 12.5. The van der Waals surface area contributed by atoms with Gasteiger partial charge in [0.1, 0.15) is 6.33 Å². The van der Waals surface area contributed by atoms with Crippen molar-refractivity contribution in [3.8, 4) is 11.5 Å². The minimum Gasteiger partial charge on any atom is -0.493 e. The monoisotopic (exact) mass is 372 g/mol. The second kappa shape index (κ2) is 7.88. The number of rotatable bonds is 6. The molecule has 1 amide bonds. The minimum absolute atomic E-state index is 0.203. The van der Waals surface area contributed by atoms with Crippen molar-refractivity contribution in [3.05, 3.63) is 64.9 Å². The first-order valence-corrected chi connectivity index (χ1v) is 8.14. The van der Waals surface area contributed by atoms with Crippen molar-refractivity contribution < 1.29 is 14.3 Å². The minimum atomic E-state index is -0.384. The van der Waals surface area contributed by atoms with Crippen LogP contribution in [0.4, 0.5) is 5.95 Å². The Kier molecular flexibility index (Phi) is 5.38. The molecule has 0 aliphatic carbocycles. The molecule has 0 spiro atoms. The number of carbonyl (C=O) groups is 1. The number of benzene rings is 2. The lowest BCUT2D eigenvalue weighted by Gasteiger charge is -2.11. The Hall–Kier alpha value is -3.06. The Balaban J connectivity index is 1.73. The topological polar surface area (TPSA) is 78.3 Å². The number of para-hydroxylation sites is 1. The maximum atomic E-state index is 12.5. The molecule has 0 fully saturated rings. The Labute approximate surface area is 155 Å². The van der Waals surface area contributed by atoms with Gasteiger partial charge in [-0.3, -0.25) is 10.1 Å². The molecule has 1 heterocycles. The van der Waals surface area contributed by atoms with E-state index in [-0.39, 0.29) is 11.9 Å². The van der Waals surface area contributed by atoms with Crippen LogP contribution in [0.3, 0.4) is 0 Å². The third-order valence-electron chi connectivity index (χ3n) is 3.67. The van der Waals surface area contributed by atoms with E-state index in [1.807, 2.05) is 24.3 Å².